The van der Waals surface area contributed by atoms with E-state index in [9.17, 15) is 0 Å². The van der Waals surface area contributed by atoms with E-state index in [1.54, 1.807) is 0 Å². The lowest BCUT2D eigenvalue weighted by Crippen LogP contribution is -2.17. The molecule has 2 aromatic rings. The Balaban J connectivity index is 2.08. The molecule has 0 radical (unpaired) electrons. The van der Waals surface area contributed by atoms with Crippen molar-refractivity contribution in [3.63, 3.8) is 0 Å². The van der Waals surface area contributed by atoms with Crippen LogP contribution < -0.4 is 10.2 Å². The summed E-state index contributed by atoms with van der Waals surface area (Å²) in [4.78, 5) is 11.1. The largest absolute Gasteiger partial charge is 0.372 e. The minimum atomic E-state index is 0.287. The number of fused-ring (bicyclic) bond motifs is 1. The minimum Gasteiger partial charge on any atom is -0.372 e. The molecule has 0 saturated carbocycles. The third kappa shape index (κ3) is 2.66. The van der Waals surface area contributed by atoms with Gasteiger partial charge in [0, 0.05) is 30.2 Å². The van der Waals surface area contributed by atoms with E-state index in [0.29, 0.717) is 6.04 Å². The smallest absolute Gasteiger partial charge is 0.224 e. The van der Waals surface area contributed by atoms with Gasteiger partial charge < -0.3 is 10.2 Å². The van der Waals surface area contributed by atoms with Crippen LogP contribution in [0.5, 0.6) is 0 Å². The highest BCUT2D eigenvalue weighted by Crippen LogP contribution is 2.29. The monoisotopic (exact) mass is 290 g/mol. The molecule has 20 heavy (non-hydrogen) atoms. The molecule has 3 rings (SSSR count). The van der Waals surface area contributed by atoms with Gasteiger partial charge in [-0.25, -0.2) is 9.97 Å². The highest BCUT2D eigenvalue weighted by molar-refractivity contribution is 6.28. The van der Waals surface area contributed by atoms with Gasteiger partial charge in [0.2, 0.25) is 5.28 Å². The maximum Gasteiger partial charge on any atom is 0.224 e. The van der Waals surface area contributed by atoms with Gasteiger partial charge in [-0.15, -0.1) is 0 Å². The second-order valence-electron chi connectivity index (χ2n) is 5.54. The van der Waals surface area contributed by atoms with Crippen molar-refractivity contribution in [3.8, 4) is 0 Å². The van der Waals surface area contributed by atoms with Crippen LogP contribution in [0.15, 0.2) is 18.2 Å². The Morgan fingerprint density at radius 2 is 1.95 bits per heavy atom. The maximum atomic E-state index is 6.00. The van der Waals surface area contributed by atoms with Crippen molar-refractivity contribution in [1.82, 2.24) is 9.97 Å². The lowest BCUT2D eigenvalue weighted by Gasteiger charge is -2.19. The number of rotatable bonds is 3. The van der Waals surface area contributed by atoms with E-state index in [4.69, 9.17) is 11.6 Å². The molecule has 1 fully saturated rings. The second-order valence-corrected chi connectivity index (χ2v) is 5.87. The molecule has 0 atom stereocenters. The van der Waals surface area contributed by atoms with Crippen molar-refractivity contribution >= 4 is 34.0 Å². The predicted molar refractivity (Wildman–Crippen MR) is 84.8 cm³/mol. The first-order valence-electron chi connectivity index (χ1n) is 7.12. The molecule has 4 nitrogen and oxygen atoms in total. The van der Waals surface area contributed by atoms with Crippen molar-refractivity contribution in [3.05, 3.63) is 23.5 Å². The van der Waals surface area contributed by atoms with E-state index in [-0.39, 0.29) is 5.28 Å². The standard InChI is InChI=1S/C15H19ClN4/c1-10(2)17-14-12-9-11(20-7-3-4-8-20)5-6-13(12)18-15(16)19-14/h5-6,9-10H,3-4,7-8H2,1-2H3,(H,17,18,19). The fourth-order valence-corrected chi connectivity index (χ4v) is 2.82. The zero-order chi connectivity index (χ0) is 14.1. The van der Waals surface area contributed by atoms with E-state index in [2.05, 4.69) is 46.2 Å². The summed E-state index contributed by atoms with van der Waals surface area (Å²) in [5, 5.41) is 4.67. The zero-order valence-corrected chi connectivity index (χ0v) is 12.6. The van der Waals surface area contributed by atoms with Gasteiger partial charge in [-0.2, -0.15) is 0 Å². The third-order valence-corrected chi connectivity index (χ3v) is 3.72. The van der Waals surface area contributed by atoms with Crippen LogP contribution in [0, 0.1) is 0 Å². The molecule has 0 bridgehead atoms. The first kappa shape index (κ1) is 13.4. The summed E-state index contributed by atoms with van der Waals surface area (Å²) in [5.41, 5.74) is 2.13. The van der Waals surface area contributed by atoms with Crippen molar-refractivity contribution in [2.75, 3.05) is 23.3 Å². The van der Waals surface area contributed by atoms with E-state index in [1.165, 1.54) is 18.5 Å². The van der Waals surface area contributed by atoms with Crippen LogP contribution in [0.1, 0.15) is 26.7 Å². The van der Waals surface area contributed by atoms with E-state index in [1.807, 2.05) is 6.07 Å². The van der Waals surface area contributed by atoms with Crippen LogP contribution in [0.2, 0.25) is 5.28 Å². The van der Waals surface area contributed by atoms with Gasteiger partial charge in [-0.05, 0) is 56.5 Å². The Morgan fingerprint density at radius 1 is 1.20 bits per heavy atom. The molecule has 0 spiro atoms. The van der Waals surface area contributed by atoms with Gasteiger partial charge in [0.25, 0.3) is 0 Å². The van der Waals surface area contributed by atoms with Crippen LogP contribution in [0.4, 0.5) is 11.5 Å². The van der Waals surface area contributed by atoms with Gasteiger partial charge in [0.15, 0.2) is 0 Å². The highest BCUT2D eigenvalue weighted by atomic mass is 35.5. The molecule has 106 valence electrons. The number of benzene rings is 1. The SMILES string of the molecule is CC(C)Nc1nc(Cl)nc2ccc(N3CCCC3)cc12. The Bertz CT molecular complexity index is 621. The third-order valence-electron chi connectivity index (χ3n) is 3.55. The molecule has 1 N–H and O–H groups in total. The number of hydrogen-bond donors (Lipinski definition) is 1. The van der Waals surface area contributed by atoms with Crippen molar-refractivity contribution in [2.45, 2.75) is 32.7 Å². The Labute approximate surface area is 124 Å². The van der Waals surface area contributed by atoms with Crippen molar-refractivity contribution < 1.29 is 0 Å². The fourth-order valence-electron chi connectivity index (χ4n) is 2.64. The molecule has 0 aliphatic carbocycles. The Hall–Kier alpha value is -1.55. The molecular weight excluding hydrogens is 272 g/mol. The van der Waals surface area contributed by atoms with Gasteiger partial charge in [0.05, 0.1) is 5.52 Å². The van der Waals surface area contributed by atoms with Crippen LogP contribution >= 0.6 is 11.6 Å². The Kier molecular flexibility index (Phi) is 3.66. The topological polar surface area (TPSA) is 41.1 Å². The van der Waals surface area contributed by atoms with Crippen LogP contribution in [-0.2, 0) is 0 Å². The molecule has 1 aromatic heterocycles. The summed E-state index contributed by atoms with van der Waals surface area (Å²) in [5.74, 6) is 0.816. The number of aromatic nitrogens is 2. The summed E-state index contributed by atoms with van der Waals surface area (Å²) < 4.78 is 0. The molecule has 0 amide bonds. The minimum absolute atomic E-state index is 0.287. The average Bonchev–Trinajstić information content (AvgIpc) is 2.91. The quantitative estimate of drug-likeness (QED) is 0.875. The lowest BCUT2D eigenvalue weighted by molar-refractivity contribution is 0.890. The molecule has 2 heterocycles. The molecule has 0 unspecified atom stereocenters. The zero-order valence-electron chi connectivity index (χ0n) is 11.9. The van der Waals surface area contributed by atoms with Crippen LogP contribution in [0.3, 0.4) is 0 Å². The first-order chi connectivity index (χ1) is 9.63. The summed E-state index contributed by atoms with van der Waals surface area (Å²) in [6, 6.07) is 6.62. The number of anilines is 2. The number of halogens is 1. The number of nitrogens with zero attached hydrogens (tertiary/aromatic N) is 3. The fraction of sp³-hybridized carbons (Fsp3) is 0.467. The second kappa shape index (κ2) is 5.44. The summed E-state index contributed by atoms with van der Waals surface area (Å²) >= 11 is 6.00. The van der Waals surface area contributed by atoms with Gasteiger partial charge in [0.1, 0.15) is 5.82 Å². The summed E-state index contributed by atoms with van der Waals surface area (Å²) in [6.45, 7) is 6.44. The molecule has 1 aliphatic rings. The summed E-state index contributed by atoms with van der Waals surface area (Å²) in [7, 11) is 0. The molecule has 1 aliphatic heterocycles. The predicted octanol–water partition coefficient (Wildman–Crippen LogP) is 3.70. The van der Waals surface area contributed by atoms with Crippen molar-refractivity contribution in [2.24, 2.45) is 0 Å². The average molecular weight is 291 g/mol. The van der Waals surface area contributed by atoms with Gasteiger partial charge >= 0.3 is 0 Å². The van der Waals surface area contributed by atoms with Crippen LogP contribution in [0.25, 0.3) is 10.9 Å². The van der Waals surface area contributed by atoms with E-state index >= 15 is 0 Å². The van der Waals surface area contributed by atoms with Crippen LogP contribution in [-0.4, -0.2) is 29.1 Å². The lowest BCUT2D eigenvalue weighted by atomic mass is 10.2. The number of nitrogens with one attached hydrogen (secondary N) is 1. The first-order valence-corrected chi connectivity index (χ1v) is 7.50. The molecule has 1 aromatic carbocycles. The molecule has 5 heteroatoms. The number of hydrogen-bond acceptors (Lipinski definition) is 4. The summed E-state index contributed by atoms with van der Waals surface area (Å²) in [6.07, 6.45) is 2.54. The van der Waals surface area contributed by atoms with Gasteiger partial charge in [-0.3, -0.25) is 0 Å². The normalized spacial score (nSPS) is 15.3. The Morgan fingerprint density at radius 3 is 2.65 bits per heavy atom. The molecule has 1 saturated heterocycles. The van der Waals surface area contributed by atoms with Crippen molar-refractivity contribution in [1.29, 1.82) is 0 Å². The van der Waals surface area contributed by atoms with E-state index < -0.39 is 0 Å². The highest BCUT2D eigenvalue weighted by Gasteiger charge is 2.14. The maximum absolute atomic E-state index is 6.00. The van der Waals surface area contributed by atoms with Gasteiger partial charge in [-0.1, -0.05) is 0 Å². The van der Waals surface area contributed by atoms with E-state index in [0.717, 1.165) is 29.8 Å². The molecular formula is C15H19ClN4.